The zero-order chi connectivity index (χ0) is 17.3. The highest BCUT2D eigenvalue weighted by Crippen LogP contribution is 2.22. The van der Waals surface area contributed by atoms with Crippen molar-refractivity contribution in [2.75, 3.05) is 0 Å². The third kappa shape index (κ3) is 3.35. The van der Waals surface area contributed by atoms with Gasteiger partial charge in [-0.05, 0) is 41.7 Å². The van der Waals surface area contributed by atoms with Crippen LogP contribution in [0.2, 0.25) is 0 Å². The van der Waals surface area contributed by atoms with Gasteiger partial charge in [0.2, 0.25) is 10.6 Å². The fraction of sp³-hybridized carbons (Fsp3) is 0.294. The molecule has 0 unspecified atom stereocenters. The number of benzene rings is 1. The summed E-state index contributed by atoms with van der Waals surface area (Å²) >= 11 is 5.26. The lowest BCUT2D eigenvalue weighted by Crippen LogP contribution is -2.10. The number of aromatic nitrogens is 5. The van der Waals surface area contributed by atoms with Gasteiger partial charge in [-0.1, -0.05) is 45.0 Å². The van der Waals surface area contributed by atoms with Crippen LogP contribution in [0, 0.1) is 11.7 Å². The Hall–Kier alpha value is -2.54. The van der Waals surface area contributed by atoms with E-state index in [0.29, 0.717) is 16.3 Å². The van der Waals surface area contributed by atoms with Crippen molar-refractivity contribution in [3.8, 4) is 11.5 Å². The number of aryl methyl sites for hydroxylation is 1. The minimum absolute atomic E-state index is 0.133. The molecular formula is C17H20N6S. The van der Waals surface area contributed by atoms with E-state index in [4.69, 9.17) is 12.2 Å². The van der Waals surface area contributed by atoms with Crippen LogP contribution < -0.4 is 0 Å². The van der Waals surface area contributed by atoms with Crippen LogP contribution in [-0.4, -0.2) is 31.3 Å². The van der Waals surface area contributed by atoms with Crippen molar-refractivity contribution >= 4 is 18.4 Å². The minimum Gasteiger partial charge on any atom is -0.282 e. The van der Waals surface area contributed by atoms with Crippen molar-refractivity contribution in [3.05, 3.63) is 51.9 Å². The molecule has 3 rings (SSSR count). The second-order valence-electron chi connectivity index (χ2n) is 6.72. The van der Waals surface area contributed by atoms with Gasteiger partial charge in [-0.2, -0.15) is 20.0 Å². The summed E-state index contributed by atoms with van der Waals surface area (Å²) < 4.78 is 2.00. The van der Waals surface area contributed by atoms with Gasteiger partial charge in [0.25, 0.3) is 0 Å². The van der Waals surface area contributed by atoms with E-state index in [2.05, 4.69) is 58.4 Å². The number of rotatable bonds is 3. The largest absolute Gasteiger partial charge is 0.282 e. The monoisotopic (exact) mass is 340 g/mol. The molecule has 7 heteroatoms. The Labute approximate surface area is 145 Å². The maximum Gasteiger partial charge on any atom is 0.216 e. The van der Waals surface area contributed by atoms with Crippen molar-refractivity contribution in [2.24, 2.45) is 5.10 Å². The molecule has 0 aliphatic carbocycles. The molecule has 0 fully saturated rings. The summed E-state index contributed by atoms with van der Waals surface area (Å²) in [5.41, 5.74) is 4.06. The molecule has 24 heavy (non-hydrogen) atoms. The molecular weight excluding hydrogens is 320 g/mol. The molecule has 0 atom stereocenters. The van der Waals surface area contributed by atoms with Crippen LogP contribution >= 0.6 is 12.2 Å². The molecule has 0 aliphatic rings. The third-order valence-electron chi connectivity index (χ3n) is 3.68. The Kier molecular flexibility index (Phi) is 4.19. The molecule has 0 saturated carbocycles. The minimum atomic E-state index is 0.133. The van der Waals surface area contributed by atoms with Gasteiger partial charge in [0.1, 0.15) is 5.69 Å². The Balaban J connectivity index is 1.90. The normalized spacial score (nSPS) is 12.2. The molecule has 6 nitrogen and oxygen atoms in total. The van der Waals surface area contributed by atoms with E-state index >= 15 is 0 Å². The van der Waals surface area contributed by atoms with E-state index in [-0.39, 0.29) is 5.41 Å². The van der Waals surface area contributed by atoms with Crippen molar-refractivity contribution < 1.29 is 0 Å². The van der Waals surface area contributed by atoms with Gasteiger partial charge < -0.3 is 0 Å². The molecule has 0 radical (unpaired) electrons. The summed E-state index contributed by atoms with van der Waals surface area (Å²) in [7, 11) is 0. The highest BCUT2D eigenvalue weighted by molar-refractivity contribution is 7.71. The van der Waals surface area contributed by atoms with E-state index in [9.17, 15) is 0 Å². The molecule has 2 heterocycles. The molecule has 0 amide bonds. The number of nitrogens with one attached hydrogen (secondary N) is 2. The fourth-order valence-electron chi connectivity index (χ4n) is 2.29. The summed E-state index contributed by atoms with van der Waals surface area (Å²) in [6.07, 6.45) is 1.76. The summed E-state index contributed by atoms with van der Waals surface area (Å²) in [5.74, 6) is 0.576. The molecule has 2 N–H and O–H groups in total. The Morgan fingerprint density at radius 3 is 2.42 bits per heavy atom. The predicted octanol–water partition coefficient (Wildman–Crippen LogP) is 3.82. The van der Waals surface area contributed by atoms with Crippen LogP contribution in [0.4, 0.5) is 0 Å². The average Bonchev–Trinajstić information content (AvgIpc) is 3.11. The van der Waals surface area contributed by atoms with Crippen LogP contribution in [-0.2, 0) is 5.41 Å². The van der Waals surface area contributed by atoms with Gasteiger partial charge in [0, 0.05) is 5.69 Å². The molecule has 0 spiro atoms. The first kappa shape index (κ1) is 16.3. The quantitative estimate of drug-likeness (QED) is 0.562. The maximum atomic E-state index is 5.26. The molecule has 0 aliphatic heterocycles. The molecule has 0 saturated heterocycles. The molecule has 1 aromatic carbocycles. The van der Waals surface area contributed by atoms with Crippen LogP contribution in [0.5, 0.6) is 0 Å². The highest BCUT2D eigenvalue weighted by atomic mass is 32.1. The van der Waals surface area contributed by atoms with Gasteiger partial charge >= 0.3 is 0 Å². The van der Waals surface area contributed by atoms with Crippen LogP contribution in [0.25, 0.3) is 11.5 Å². The van der Waals surface area contributed by atoms with Gasteiger partial charge in [0.15, 0.2) is 0 Å². The predicted molar refractivity (Wildman–Crippen MR) is 97.9 cm³/mol. The van der Waals surface area contributed by atoms with Crippen molar-refractivity contribution in [1.29, 1.82) is 0 Å². The van der Waals surface area contributed by atoms with Gasteiger partial charge in [-0.3, -0.25) is 5.10 Å². The first-order chi connectivity index (χ1) is 11.3. The van der Waals surface area contributed by atoms with Gasteiger partial charge in [-0.25, -0.2) is 5.10 Å². The second kappa shape index (κ2) is 6.16. The Morgan fingerprint density at radius 1 is 1.12 bits per heavy atom. The Morgan fingerprint density at radius 2 is 1.83 bits per heavy atom. The van der Waals surface area contributed by atoms with E-state index in [0.717, 1.165) is 11.3 Å². The van der Waals surface area contributed by atoms with Gasteiger partial charge in [-0.15, -0.1) is 0 Å². The molecule has 124 valence electrons. The third-order valence-corrected chi connectivity index (χ3v) is 3.95. The Bertz CT molecular complexity index is 921. The lowest BCUT2D eigenvalue weighted by molar-refractivity contribution is 0.590. The second-order valence-corrected chi connectivity index (χ2v) is 7.10. The van der Waals surface area contributed by atoms with Crippen molar-refractivity contribution in [2.45, 2.75) is 33.1 Å². The van der Waals surface area contributed by atoms with Crippen LogP contribution in [0.15, 0.2) is 35.4 Å². The summed E-state index contributed by atoms with van der Waals surface area (Å²) in [4.78, 5) is 0. The zero-order valence-corrected chi connectivity index (χ0v) is 15.0. The van der Waals surface area contributed by atoms with E-state index in [1.165, 1.54) is 5.56 Å². The zero-order valence-electron chi connectivity index (χ0n) is 14.2. The smallest absolute Gasteiger partial charge is 0.216 e. The lowest BCUT2D eigenvalue weighted by Gasteiger charge is -2.18. The van der Waals surface area contributed by atoms with E-state index < -0.39 is 0 Å². The standard InChI is InChI=1S/C17H20N6S/c1-11-9-14(20-19-11)15-21-22-16(24)23(15)18-10-12-5-7-13(8-6-12)17(2,3)4/h5-10H,1-4H3,(H,19,20)(H,22,24)/b18-10+. The molecule has 0 bridgehead atoms. The average molecular weight is 340 g/mol. The van der Waals surface area contributed by atoms with Crippen LogP contribution in [0.3, 0.4) is 0 Å². The number of aromatic amines is 2. The fourth-order valence-corrected chi connectivity index (χ4v) is 2.47. The summed E-state index contributed by atoms with van der Waals surface area (Å²) in [6, 6.07) is 10.2. The lowest BCUT2D eigenvalue weighted by atomic mass is 9.87. The topological polar surface area (TPSA) is 74.7 Å². The first-order valence-electron chi connectivity index (χ1n) is 7.69. The molecule has 3 aromatic rings. The highest BCUT2D eigenvalue weighted by Gasteiger charge is 2.13. The van der Waals surface area contributed by atoms with Gasteiger partial charge in [0.05, 0.1) is 6.21 Å². The first-order valence-corrected chi connectivity index (χ1v) is 8.10. The SMILES string of the molecule is Cc1cc(-c2n[nH]c(=S)n2/N=C/c2ccc(C(C)(C)C)cc2)n[nH]1. The number of H-pyrrole nitrogens is 2. The van der Waals surface area contributed by atoms with Crippen molar-refractivity contribution in [3.63, 3.8) is 0 Å². The maximum absolute atomic E-state index is 5.26. The molecule has 2 aromatic heterocycles. The summed E-state index contributed by atoms with van der Waals surface area (Å²) in [6.45, 7) is 8.51. The van der Waals surface area contributed by atoms with Crippen molar-refractivity contribution in [1.82, 2.24) is 25.1 Å². The van der Waals surface area contributed by atoms with E-state index in [1.54, 1.807) is 10.9 Å². The summed E-state index contributed by atoms with van der Waals surface area (Å²) in [5, 5.41) is 18.5. The van der Waals surface area contributed by atoms with E-state index in [1.807, 2.05) is 25.1 Å². The number of hydrogen-bond acceptors (Lipinski definition) is 4. The number of nitrogens with zero attached hydrogens (tertiary/aromatic N) is 4. The van der Waals surface area contributed by atoms with Crippen LogP contribution in [0.1, 0.15) is 37.6 Å². The number of hydrogen-bond donors (Lipinski definition) is 2.